The summed E-state index contributed by atoms with van der Waals surface area (Å²) < 4.78 is 29.8. The molecule has 0 fully saturated rings. The molecule has 0 aromatic carbocycles. The summed E-state index contributed by atoms with van der Waals surface area (Å²) in [6, 6.07) is 1.78. The molecule has 1 rings (SSSR count). The van der Waals surface area contributed by atoms with Gasteiger partial charge < -0.3 is 10.5 Å². The third kappa shape index (κ3) is 2.02. The minimum atomic E-state index is -2.75. The van der Waals surface area contributed by atoms with Crippen molar-refractivity contribution in [3.63, 3.8) is 0 Å². The van der Waals surface area contributed by atoms with Crippen molar-refractivity contribution in [2.45, 2.75) is 13.0 Å². The van der Waals surface area contributed by atoms with Crippen molar-refractivity contribution in [3.05, 3.63) is 23.0 Å². The van der Waals surface area contributed by atoms with Crippen molar-refractivity contribution in [3.8, 4) is 11.8 Å². The molecule has 0 amide bonds. The third-order valence-corrected chi connectivity index (χ3v) is 1.92. The molecule has 2 N–H and O–H groups in total. The van der Waals surface area contributed by atoms with Gasteiger partial charge in [-0.2, -0.15) is 5.26 Å². The van der Waals surface area contributed by atoms with E-state index in [4.69, 9.17) is 15.7 Å². The van der Waals surface area contributed by atoms with Gasteiger partial charge in [0.2, 0.25) is 0 Å². The van der Waals surface area contributed by atoms with Gasteiger partial charge in [0.25, 0.3) is 6.43 Å². The van der Waals surface area contributed by atoms with Crippen molar-refractivity contribution in [1.82, 2.24) is 4.98 Å². The van der Waals surface area contributed by atoms with Crippen LogP contribution in [-0.2, 0) is 6.54 Å². The fourth-order valence-corrected chi connectivity index (χ4v) is 1.22. The lowest BCUT2D eigenvalue weighted by molar-refractivity contribution is 0.144. The highest BCUT2D eigenvalue weighted by Gasteiger charge is 2.20. The van der Waals surface area contributed by atoms with Gasteiger partial charge in [-0.3, -0.25) is 4.98 Å². The van der Waals surface area contributed by atoms with Crippen LogP contribution in [0.1, 0.15) is 23.2 Å². The van der Waals surface area contributed by atoms with Gasteiger partial charge >= 0.3 is 0 Å². The normalized spacial score (nSPS) is 10.1. The minimum absolute atomic E-state index is 0.0188. The first-order valence-electron chi connectivity index (χ1n) is 4.09. The van der Waals surface area contributed by atoms with Gasteiger partial charge in [0, 0.05) is 12.1 Å². The number of pyridine rings is 1. The van der Waals surface area contributed by atoms with E-state index in [0.29, 0.717) is 0 Å². The number of rotatable bonds is 3. The maximum atomic E-state index is 12.5. The molecule has 0 saturated carbocycles. The molecule has 80 valence electrons. The number of hydrogen-bond donors (Lipinski definition) is 1. The fraction of sp³-hybridized carbons (Fsp3) is 0.333. The molecule has 0 bridgehead atoms. The summed E-state index contributed by atoms with van der Waals surface area (Å²) in [6.07, 6.45) is -1.65. The standard InChI is InChI=1S/C9H9F2N3O/c1-15-7-4-14-8(9(10)11)6(3-13)5(7)2-12/h4,9H,3,13H2,1H3. The minimum Gasteiger partial charge on any atom is -0.494 e. The maximum Gasteiger partial charge on any atom is 0.280 e. The molecule has 4 nitrogen and oxygen atoms in total. The average molecular weight is 213 g/mol. The van der Waals surface area contributed by atoms with Crippen molar-refractivity contribution < 1.29 is 13.5 Å². The van der Waals surface area contributed by atoms with E-state index in [1.807, 2.05) is 0 Å². The first kappa shape index (κ1) is 11.3. The summed E-state index contributed by atoms with van der Waals surface area (Å²) in [6.45, 7) is -0.174. The first-order valence-corrected chi connectivity index (χ1v) is 4.09. The number of hydrogen-bond acceptors (Lipinski definition) is 4. The molecule has 15 heavy (non-hydrogen) atoms. The van der Waals surface area contributed by atoms with E-state index < -0.39 is 12.1 Å². The number of halogens is 2. The molecule has 0 radical (unpaired) electrons. The van der Waals surface area contributed by atoms with Gasteiger partial charge in [-0.25, -0.2) is 8.78 Å². The van der Waals surface area contributed by atoms with Crippen LogP contribution in [-0.4, -0.2) is 12.1 Å². The van der Waals surface area contributed by atoms with Crippen LogP contribution in [0.2, 0.25) is 0 Å². The number of nitrogens with zero attached hydrogens (tertiary/aromatic N) is 2. The Morgan fingerprint density at radius 2 is 2.33 bits per heavy atom. The van der Waals surface area contributed by atoms with Crippen molar-refractivity contribution in [2.75, 3.05) is 7.11 Å². The quantitative estimate of drug-likeness (QED) is 0.822. The van der Waals surface area contributed by atoms with Crippen molar-refractivity contribution >= 4 is 0 Å². The second kappa shape index (κ2) is 4.66. The van der Waals surface area contributed by atoms with Gasteiger partial charge in [-0.05, 0) is 0 Å². The monoisotopic (exact) mass is 213 g/mol. The number of nitriles is 1. The molecular formula is C9H9F2N3O. The molecule has 1 aromatic heterocycles. The van der Waals surface area contributed by atoms with Crippen molar-refractivity contribution in [2.24, 2.45) is 5.73 Å². The van der Waals surface area contributed by atoms with Crippen LogP contribution in [0.15, 0.2) is 6.20 Å². The van der Waals surface area contributed by atoms with E-state index in [2.05, 4.69) is 4.98 Å². The molecule has 0 spiro atoms. The van der Waals surface area contributed by atoms with Gasteiger partial charge in [-0.1, -0.05) is 0 Å². The maximum absolute atomic E-state index is 12.5. The lowest BCUT2D eigenvalue weighted by atomic mass is 10.1. The molecule has 0 aliphatic carbocycles. The zero-order chi connectivity index (χ0) is 11.4. The van der Waals surface area contributed by atoms with E-state index in [1.165, 1.54) is 7.11 Å². The molecular weight excluding hydrogens is 204 g/mol. The lowest BCUT2D eigenvalue weighted by Gasteiger charge is -2.10. The fourth-order valence-electron chi connectivity index (χ4n) is 1.22. The highest BCUT2D eigenvalue weighted by molar-refractivity contribution is 5.49. The van der Waals surface area contributed by atoms with Crippen LogP contribution >= 0.6 is 0 Å². The van der Waals surface area contributed by atoms with Crippen LogP contribution < -0.4 is 10.5 Å². The highest BCUT2D eigenvalue weighted by Crippen LogP contribution is 2.28. The molecule has 0 atom stereocenters. The van der Waals surface area contributed by atoms with Gasteiger partial charge in [0.1, 0.15) is 17.3 Å². The number of ether oxygens (including phenoxy) is 1. The molecule has 0 aliphatic rings. The van der Waals surface area contributed by atoms with Crippen LogP contribution in [0.3, 0.4) is 0 Å². The van der Waals surface area contributed by atoms with Crippen molar-refractivity contribution in [1.29, 1.82) is 5.26 Å². The molecule has 1 heterocycles. The van der Waals surface area contributed by atoms with E-state index in [-0.39, 0.29) is 23.4 Å². The highest BCUT2D eigenvalue weighted by atomic mass is 19.3. The Labute approximate surface area is 85.3 Å². The Morgan fingerprint density at radius 3 is 2.73 bits per heavy atom. The zero-order valence-corrected chi connectivity index (χ0v) is 8.00. The zero-order valence-electron chi connectivity index (χ0n) is 8.00. The number of alkyl halides is 2. The smallest absolute Gasteiger partial charge is 0.280 e. The largest absolute Gasteiger partial charge is 0.494 e. The Hall–Kier alpha value is -1.74. The summed E-state index contributed by atoms with van der Waals surface area (Å²) in [5.41, 5.74) is 4.90. The second-order valence-corrected chi connectivity index (χ2v) is 2.68. The van der Waals surface area contributed by atoms with Gasteiger partial charge in [-0.15, -0.1) is 0 Å². The predicted octanol–water partition coefficient (Wildman–Crippen LogP) is 1.36. The molecule has 0 unspecified atom stereocenters. The van der Waals surface area contributed by atoms with E-state index >= 15 is 0 Å². The summed E-state index contributed by atoms with van der Waals surface area (Å²) in [7, 11) is 1.33. The van der Waals surface area contributed by atoms with Crippen LogP contribution in [0.5, 0.6) is 5.75 Å². The Morgan fingerprint density at radius 1 is 1.67 bits per heavy atom. The second-order valence-electron chi connectivity index (χ2n) is 2.68. The number of nitrogens with two attached hydrogens (primary N) is 1. The third-order valence-electron chi connectivity index (χ3n) is 1.92. The summed E-state index contributed by atoms with van der Waals surface area (Å²) in [5, 5.41) is 8.81. The molecule has 1 aromatic rings. The van der Waals surface area contributed by atoms with Gasteiger partial charge in [0.05, 0.1) is 13.3 Å². The number of aromatic nitrogens is 1. The summed E-state index contributed by atoms with van der Waals surface area (Å²) >= 11 is 0. The first-order chi connectivity index (χ1) is 7.15. The average Bonchev–Trinajstić information content (AvgIpc) is 2.26. The summed E-state index contributed by atoms with van der Waals surface area (Å²) in [5.74, 6) is 0.155. The van der Waals surface area contributed by atoms with Crippen LogP contribution in [0.4, 0.5) is 8.78 Å². The molecule has 0 aliphatic heterocycles. The van der Waals surface area contributed by atoms with E-state index in [1.54, 1.807) is 6.07 Å². The van der Waals surface area contributed by atoms with Gasteiger partial charge in [0.15, 0.2) is 5.75 Å². The molecule has 6 heteroatoms. The Bertz CT molecular complexity index is 401. The lowest BCUT2D eigenvalue weighted by Crippen LogP contribution is -2.08. The SMILES string of the molecule is COc1cnc(C(F)F)c(CN)c1C#N. The van der Waals surface area contributed by atoms with Crippen LogP contribution in [0.25, 0.3) is 0 Å². The van der Waals surface area contributed by atoms with E-state index in [0.717, 1.165) is 6.20 Å². The van der Waals surface area contributed by atoms with Crippen LogP contribution in [0, 0.1) is 11.3 Å². The van der Waals surface area contributed by atoms with E-state index in [9.17, 15) is 8.78 Å². The topological polar surface area (TPSA) is 71.9 Å². The Balaban J connectivity index is 3.43. The molecule has 0 saturated heterocycles. The Kier molecular flexibility index (Phi) is 3.52. The predicted molar refractivity (Wildman–Crippen MR) is 48.4 cm³/mol. The summed E-state index contributed by atoms with van der Waals surface area (Å²) in [4.78, 5) is 3.52. The number of methoxy groups -OCH3 is 1.